The van der Waals surface area contributed by atoms with Crippen LogP contribution < -0.4 is 16.2 Å². The zero-order chi connectivity index (χ0) is 14.1. The molecule has 3 N–H and O–H groups in total. The number of halogens is 2. The van der Waals surface area contributed by atoms with Crippen molar-refractivity contribution in [1.82, 2.24) is 15.6 Å². The largest absolute Gasteiger partial charge is 0.348 e. The van der Waals surface area contributed by atoms with Gasteiger partial charge in [0, 0.05) is 24.0 Å². The lowest BCUT2D eigenvalue weighted by Gasteiger charge is -2.12. The van der Waals surface area contributed by atoms with Crippen LogP contribution in [0.2, 0.25) is 0 Å². The highest BCUT2D eigenvalue weighted by molar-refractivity contribution is 6.06. The zero-order valence-electron chi connectivity index (χ0n) is 11.1. The molecule has 7 heteroatoms. The lowest BCUT2D eigenvalue weighted by molar-refractivity contribution is 0.0941. The first kappa shape index (κ1) is 15.5. The number of aromatic amines is 1. The summed E-state index contributed by atoms with van der Waals surface area (Å²) in [7, 11) is 0. The van der Waals surface area contributed by atoms with Crippen molar-refractivity contribution in [1.29, 1.82) is 0 Å². The Kier molecular flexibility index (Phi) is 4.59. The average Bonchev–Trinajstić information content (AvgIpc) is 2.90. The molecule has 0 aliphatic carbocycles. The summed E-state index contributed by atoms with van der Waals surface area (Å²) in [6, 6.07) is 5.30. The van der Waals surface area contributed by atoms with E-state index in [1.807, 2.05) is 0 Å². The summed E-state index contributed by atoms with van der Waals surface area (Å²) >= 11 is 0. The Morgan fingerprint density at radius 3 is 2.86 bits per heavy atom. The van der Waals surface area contributed by atoms with Gasteiger partial charge in [-0.25, -0.2) is 4.39 Å². The number of aromatic nitrogens is 1. The SMILES string of the molecule is Cl.O=C(NC1CCNC1)c1cc(=O)[nH]c2cc(F)ccc12. The topological polar surface area (TPSA) is 74.0 Å². The predicted molar refractivity (Wildman–Crippen MR) is 80.5 cm³/mol. The van der Waals surface area contributed by atoms with Crippen LogP contribution in [0.4, 0.5) is 4.39 Å². The number of hydrogen-bond acceptors (Lipinski definition) is 3. The van der Waals surface area contributed by atoms with Gasteiger partial charge in [0.2, 0.25) is 5.56 Å². The summed E-state index contributed by atoms with van der Waals surface area (Å²) in [6.07, 6.45) is 0.863. The number of benzene rings is 1. The third kappa shape index (κ3) is 3.22. The minimum Gasteiger partial charge on any atom is -0.348 e. The molecule has 21 heavy (non-hydrogen) atoms. The van der Waals surface area contributed by atoms with Gasteiger partial charge in [0.1, 0.15) is 5.82 Å². The summed E-state index contributed by atoms with van der Waals surface area (Å²) in [5.74, 6) is -0.757. The van der Waals surface area contributed by atoms with Gasteiger partial charge in [-0.2, -0.15) is 0 Å². The minimum absolute atomic E-state index is 0. The lowest BCUT2D eigenvalue weighted by Crippen LogP contribution is -2.36. The second-order valence-electron chi connectivity index (χ2n) is 4.90. The molecule has 5 nitrogen and oxygen atoms in total. The molecule has 1 aromatic carbocycles. The molecule has 1 amide bonds. The fourth-order valence-corrected chi connectivity index (χ4v) is 2.46. The van der Waals surface area contributed by atoms with Crippen molar-refractivity contribution < 1.29 is 9.18 Å². The van der Waals surface area contributed by atoms with E-state index in [0.717, 1.165) is 19.5 Å². The van der Waals surface area contributed by atoms with E-state index < -0.39 is 11.4 Å². The maximum Gasteiger partial charge on any atom is 0.252 e. The Bertz CT molecular complexity index is 726. The van der Waals surface area contributed by atoms with Crippen LogP contribution in [0.3, 0.4) is 0 Å². The van der Waals surface area contributed by atoms with Crippen LogP contribution in [-0.2, 0) is 0 Å². The van der Waals surface area contributed by atoms with Gasteiger partial charge in [-0.3, -0.25) is 9.59 Å². The number of carbonyl (C=O) groups excluding carboxylic acids is 1. The van der Waals surface area contributed by atoms with Gasteiger partial charge in [0.05, 0.1) is 11.1 Å². The molecule has 0 spiro atoms. The van der Waals surface area contributed by atoms with E-state index >= 15 is 0 Å². The molecule has 1 unspecified atom stereocenters. The standard InChI is InChI=1S/C14H14FN3O2.ClH/c15-8-1-2-10-11(6-13(19)18-12(10)5-8)14(20)17-9-3-4-16-7-9;/h1-2,5-6,9,16H,3-4,7H2,(H,17,20)(H,18,19);1H. The second-order valence-corrected chi connectivity index (χ2v) is 4.90. The fourth-order valence-electron chi connectivity index (χ4n) is 2.46. The molecule has 1 aliphatic heterocycles. The van der Waals surface area contributed by atoms with E-state index in [1.54, 1.807) is 0 Å². The molecule has 0 bridgehead atoms. The highest BCUT2D eigenvalue weighted by Crippen LogP contribution is 2.16. The van der Waals surface area contributed by atoms with Gasteiger partial charge in [-0.15, -0.1) is 12.4 Å². The Labute approximate surface area is 126 Å². The summed E-state index contributed by atoms with van der Waals surface area (Å²) in [6.45, 7) is 1.59. The maximum atomic E-state index is 13.2. The number of amides is 1. The molecule has 0 saturated carbocycles. The van der Waals surface area contributed by atoms with E-state index in [-0.39, 0.29) is 29.9 Å². The monoisotopic (exact) mass is 311 g/mol. The Balaban J connectivity index is 0.00000161. The van der Waals surface area contributed by atoms with Gasteiger partial charge in [0.25, 0.3) is 5.91 Å². The molecular weight excluding hydrogens is 297 g/mol. The van der Waals surface area contributed by atoms with E-state index in [0.29, 0.717) is 10.9 Å². The minimum atomic E-state index is -0.453. The molecule has 0 radical (unpaired) electrons. The number of rotatable bonds is 2. The van der Waals surface area contributed by atoms with Gasteiger partial charge < -0.3 is 15.6 Å². The van der Waals surface area contributed by atoms with Crippen LogP contribution in [0, 0.1) is 5.82 Å². The molecule has 3 rings (SSSR count). The maximum absolute atomic E-state index is 13.2. The number of pyridine rings is 1. The number of carbonyl (C=O) groups is 1. The highest BCUT2D eigenvalue weighted by atomic mass is 35.5. The number of nitrogens with one attached hydrogen (secondary N) is 3. The summed E-state index contributed by atoms with van der Waals surface area (Å²) in [5.41, 5.74) is 0.181. The van der Waals surface area contributed by atoms with Crippen molar-refractivity contribution in [2.24, 2.45) is 0 Å². The van der Waals surface area contributed by atoms with Crippen LogP contribution in [0.1, 0.15) is 16.8 Å². The van der Waals surface area contributed by atoms with Crippen molar-refractivity contribution >= 4 is 29.2 Å². The summed E-state index contributed by atoms with van der Waals surface area (Å²) in [5, 5.41) is 6.57. The van der Waals surface area contributed by atoms with Crippen molar-refractivity contribution in [3.05, 3.63) is 46.0 Å². The van der Waals surface area contributed by atoms with Gasteiger partial charge in [0.15, 0.2) is 0 Å². The molecule has 1 atom stereocenters. The van der Waals surface area contributed by atoms with Crippen molar-refractivity contribution in [2.45, 2.75) is 12.5 Å². The molecule has 2 aromatic rings. The van der Waals surface area contributed by atoms with E-state index in [4.69, 9.17) is 0 Å². The summed E-state index contributed by atoms with van der Waals surface area (Å²) in [4.78, 5) is 26.4. The normalized spacial score (nSPS) is 17.5. The van der Waals surface area contributed by atoms with E-state index in [2.05, 4.69) is 15.6 Å². The number of hydrogen-bond donors (Lipinski definition) is 3. The molecule has 1 saturated heterocycles. The average molecular weight is 312 g/mol. The van der Waals surface area contributed by atoms with Crippen molar-refractivity contribution in [3.8, 4) is 0 Å². The Morgan fingerprint density at radius 1 is 1.33 bits per heavy atom. The Morgan fingerprint density at radius 2 is 2.14 bits per heavy atom. The molecule has 2 heterocycles. The van der Waals surface area contributed by atoms with E-state index in [9.17, 15) is 14.0 Å². The molecular formula is C14H15ClFN3O2. The quantitative estimate of drug-likeness (QED) is 0.780. The smallest absolute Gasteiger partial charge is 0.252 e. The van der Waals surface area contributed by atoms with Crippen molar-refractivity contribution in [3.63, 3.8) is 0 Å². The van der Waals surface area contributed by atoms with Gasteiger partial charge in [-0.05, 0) is 31.2 Å². The van der Waals surface area contributed by atoms with Crippen LogP contribution in [0.25, 0.3) is 10.9 Å². The molecule has 1 aromatic heterocycles. The fraction of sp³-hybridized carbons (Fsp3) is 0.286. The van der Waals surface area contributed by atoms with Crippen molar-refractivity contribution in [2.75, 3.05) is 13.1 Å². The van der Waals surface area contributed by atoms with Crippen LogP contribution in [0.15, 0.2) is 29.1 Å². The lowest BCUT2D eigenvalue weighted by atomic mass is 10.1. The third-order valence-corrected chi connectivity index (χ3v) is 3.45. The summed E-state index contributed by atoms with van der Waals surface area (Å²) < 4.78 is 13.2. The predicted octanol–water partition coefficient (Wildman–Crippen LogP) is 1.18. The van der Waals surface area contributed by atoms with Crippen LogP contribution in [0.5, 0.6) is 0 Å². The molecule has 112 valence electrons. The first-order valence-electron chi connectivity index (χ1n) is 6.47. The van der Waals surface area contributed by atoms with E-state index in [1.165, 1.54) is 24.3 Å². The third-order valence-electron chi connectivity index (χ3n) is 3.45. The highest BCUT2D eigenvalue weighted by Gasteiger charge is 2.19. The molecule has 1 fully saturated rings. The number of H-pyrrole nitrogens is 1. The van der Waals surface area contributed by atoms with Crippen LogP contribution >= 0.6 is 12.4 Å². The Hall–Kier alpha value is -1.92. The zero-order valence-corrected chi connectivity index (χ0v) is 11.9. The van der Waals surface area contributed by atoms with Gasteiger partial charge in [-0.1, -0.05) is 0 Å². The van der Waals surface area contributed by atoms with Gasteiger partial charge >= 0.3 is 0 Å². The van der Waals surface area contributed by atoms with Crippen LogP contribution in [-0.4, -0.2) is 30.0 Å². The molecule has 1 aliphatic rings. The number of fused-ring (bicyclic) bond motifs is 1. The first-order chi connectivity index (χ1) is 9.63. The first-order valence-corrected chi connectivity index (χ1v) is 6.47. The second kappa shape index (κ2) is 6.24.